The zero-order valence-electron chi connectivity index (χ0n) is 8.01. The van der Waals surface area contributed by atoms with E-state index in [2.05, 4.69) is 5.32 Å². The second kappa shape index (κ2) is 3.41. The van der Waals surface area contributed by atoms with Crippen molar-refractivity contribution in [3.05, 3.63) is 0 Å². The number of rotatable bonds is 4. The number of aliphatic carboxylic acids is 1. The molecule has 3 N–H and O–H groups in total. The molecule has 4 heteroatoms. The molecule has 0 radical (unpaired) electrons. The Hall–Kier alpha value is -0.610. The van der Waals surface area contributed by atoms with Crippen LogP contribution in [0.5, 0.6) is 0 Å². The van der Waals surface area contributed by atoms with Gasteiger partial charge in [0.15, 0.2) is 0 Å². The normalized spacial score (nSPS) is 13.1. The van der Waals surface area contributed by atoms with Crippen LogP contribution in [0.25, 0.3) is 0 Å². The zero-order valence-corrected chi connectivity index (χ0v) is 8.01. The van der Waals surface area contributed by atoms with Gasteiger partial charge in [0.1, 0.15) is 5.54 Å². The lowest BCUT2D eigenvalue weighted by Gasteiger charge is -2.32. The van der Waals surface area contributed by atoms with Gasteiger partial charge in [0.05, 0.1) is 6.61 Å². The van der Waals surface area contributed by atoms with Gasteiger partial charge in [0.25, 0.3) is 0 Å². The largest absolute Gasteiger partial charge is 0.480 e. The van der Waals surface area contributed by atoms with Crippen molar-refractivity contribution in [2.24, 2.45) is 0 Å². The second-order valence-corrected chi connectivity index (χ2v) is 4.10. The molecule has 0 aliphatic rings. The number of aliphatic hydroxyl groups excluding tert-OH is 1. The van der Waals surface area contributed by atoms with Crippen molar-refractivity contribution in [2.45, 2.75) is 38.8 Å². The maximum absolute atomic E-state index is 10.7. The summed E-state index contributed by atoms with van der Waals surface area (Å²) in [6, 6.07) is 0. The summed E-state index contributed by atoms with van der Waals surface area (Å²) in [6.45, 7) is 6.53. The van der Waals surface area contributed by atoms with Crippen LogP contribution < -0.4 is 5.32 Å². The van der Waals surface area contributed by atoms with Crippen LogP contribution >= 0.6 is 0 Å². The van der Waals surface area contributed by atoms with Crippen molar-refractivity contribution in [2.75, 3.05) is 6.61 Å². The van der Waals surface area contributed by atoms with E-state index in [0.717, 1.165) is 0 Å². The summed E-state index contributed by atoms with van der Waals surface area (Å²) < 4.78 is 0. The number of carboxylic acids is 1. The quantitative estimate of drug-likeness (QED) is 0.571. The fraction of sp³-hybridized carbons (Fsp3) is 0.875. The summed E-state index contributed by atoms with van der Waals surface area (Å²) in [4.78, 5) is 10.7. The fourth-order valence-electron chi connectivity index (χ4n) is 0.939. The van der Waals surface area contributed by atoms with E-state index >= 15 is 0 Å². The number of hydrogen-bond acceptors (Lipinski definition) is 3. The van der Waals surface area contributed by atoms with Crippen molar-refractivity contribution in [1.82, 2.24) is 5.32 Å². The molecule has 0 rings (SSSR count). The van der Waals surface area contributed by atoms with Crippen molar-refractivity contribution >= 4 is 5.97 Å². The number of nitrogens with one attached hydrogen (secondary N) is 1. The lowest BCUT2D eigenvalue weighted by Crippen LogP contribution is -2.57. The van der Waals surface area contributed by atoms with Crippen LogP contribution in [0, 0.1) is 0 Å². The minimum atomic E-state index is -1.01. The molecule has 0 aliphatic heterocycles. The first-order valence-corrected chi connectivity index (χ1v) is 3.85. The van der Waals surface area contributed by atoms with Gasteiger partial charge < -0.3 is 10.2 Å². The van der Waals surface area contributed by atoms with E-state index in [-0.39, 0.29) is 6.61 Å². The van der Waals surface area contributed by atoms with Crippen molar-refractivity contribution in [1.29, 1.82) is 0 Å². The van der Waals surface area contributed by atoms with Crippen molar-refractivity contribution in [3.63, 3.8) is 0 Å². The van der Waals surface area contributed by atoms with Crippen LogP contribution in [0.1, 0.15) is 27.7 Å². The Morgan fingerprint density at radius 1 is 1.33 bits per heavy atom. The van der Waals surface area contributed by atoms with Crippen LogP contribution in [-0.2, 0) is 4.79 Å². The molecule has 0 aromatic heterocycles. The summed E-state index contributed by atoms with van der Waals surface area (Å²) in [5.74, 6) is -0.927. The van der Waals surface area contributed by atoms with Gasteiger partial charge in [0, 0.05) is 5.54 Å². The Balaban J connectivity index is 4.34. The summed E-state index contributed by atoms with van der Waals surface area (Å²) in [5, 5.41) is 20.5. The third-order valence-corrected chi connectivity index (χ3v) is 1.58. The van der Waals surface area contributed by atoms with E-state index in [1.807, 2.05) is 0 Å². The third-order valence-electron chi connectivity index (χ3n) is 1.58. The first kappa shape index (κ1) is 11.4. The summed E-state index contributed by atoms with van der Waals surface area (Å²) in [7, 11) is 0. The van der Waals surface area contributed by atoms with Gasteiger partial charge in [0.2, 0.25) is 0 Å². The maximum atomic E-state index is 10.7. The number of aliphatic hydroxyl groups is 1. The maximum Gasteiger partial charge on any atom is 0.323 e. The van der Waals surface area contributed by atoms with Gasteiger partial charge in [-0.25, -0.2) is 0 Å². The monoisotopic (exact) mass is 175 g/mol. The Labute approximate surface area is 72.6 Å². The molecule has 0 amide bonds. The SMILES string of the molecule is CC(C)(CO)NC(C)(C)C(=O)O. The molecule has 0 spiro atoms. The minimum Gasteiger partial charge on any atom is -0.480 e. The predicted molar refractivity (Wildman–Crippen MR) is 46.0 cm³/mol. The molecule has 0 saturated heterocycles. The Bertz CT molecular complexity index is 175. The molecule has 0 atom stereocenters. The lowest BCUT2D eigenvalue weighted by molar-refractivity contribution is -0.144. The average molecular weight is 175 g/mol. The van der Waals surface area contributed by atoms with Gasteiger partial charge in [-0.3, -0.25) is 10.1 Å². The smallest absolute Gasteiger partial charge is 0.323 e. The van der Waals surface area contributed by atoms with E-state index in [0.29, 0.717) is 0 Å². The van der Waals surface area contributed by atoms with Crippen LogP contribution in [0.15, 0.2) is 0 Å². The molecule has 0 aromatic carbocycles. The predicted octanol–water partition coefficient (Wildman–Crippen LogP) is 0.210. The van der Waals surface area contributed by atoms with Crippen LogP contribution in [-0.4, -0.2) is 33.9 Å². The molecule has 0 aliphatic carbocycles. The van der Waals surface area contributed by atoms with E-state index in [1.54, 1.807) is 27.7 Å². The summed E-state index contributed by atoms with van der Waals surface area (Å²) >= 11 is 0. The molecule has 72 valence electrons. The Morgan fingerprint density at radius 3 is 2.00 bits per heavy atom. The van der Waals surface area contributed by atoms with Crippen LogP contribution in [0.2, 0.25) is 0 Å². The molecule has 0 bridgehead atoms. The lowest BCUT2D eigenvalue weighted by atomic mass is 9.98. The second-order valence-electron chi connectivity index (χ2n) is 4.10. The first-order valence-electron chi connectivity index (χ1n) is 3.85. The molecular formula is C8H17NO3. The highest BCUT2D eigenvalue weighted by atomic mass is 16.4. The Morgan fingerprint density at radius 2 is 1.75 bits per heavy atom. The highest BCUT2D eigenvalue weighted by Gasteiger charge is 2.32. The summed E-state index contributed by atoms with van der Waals surface area (Å²) in [6.07, 6.45) is 0. The van der Waals surface area contributed by atoms with Crippen molar-refractivity contribution in [3.8, 4) is 0 Å². The number of hydrogen-bond donors (Lipinski definition) is 3. The van der Waals surface area contributed by atoms with Gasteiger partial charge in [-0.2, -0.15) is 0 Å². The van der Waals surface area contributed by atoms with E-state index in [9.17, 15) is 4.79 Å². The Kier molecular flexibility index (Phi) is 3.24. The van der Waals surface area contributed by atoms with E-state index in [1.165, 1.54) is 0 Å². The highest BCUT2D eigenvalue weighted by Crippen LogP contribution is 2.10. The zero-order chi connectivity index (χ0) is 9.99. The molecule has 4 nitrogen and oxygen atoms in total. The third kappa shape index (κ3) is 3.19. The van der Waals surface area contributed by atoms with E-state index < -0.39 is 17.0 Å². The molecule has 0 saturated carbocycles. The molecule has 0 unspecified atom stereocenters. The standard InChI is InChI=1S/C8H17NO3/c1-7(2,5-10)9-8(3,4)6(11)12/h9-10H,5H2,1-4H3,(H,11,12). The molecular weight excluding hydrogens is 158 g/mol. The van der Waals surface area contributed by atoms with Crippen molar-refractivity contribution < 1.29 is 15.0 Å². The van der Waals surface area contributed by atoms with Gasteiger partial charge in [-0.15, -0.1) is 0 Å². The molecule has 0 fully saturated rings. The molecule has 0 heterocycles. The van der Waals surface area contributed by atoms with Gasteiger partial charge in [-0.05, 0) is 27.7 Å². The average Bonchev–Trinajstić information content (AvgIpc) is 1.85. The van der Waals surface area contributed by atoms with Crippen LogP contribution in [0.3, 0.4) is 0 Å². The topological polar surface area (TPSA) is 69.6 Å². The number of carbonyl (C=O) groups is 1. The van der Waals surface area contributed by atoms with Gasteiger partial charge >= 0.3 is 5.97 Å². The van der Waals surface area contributed by atoms with Crippen LogP contribution in [0.4, 0.5) is 0 Å². The highest BCUT2D eigenvalue weighted by molar-refractivity contribution is 5.77. The first-order chi connectivity index (χ1) is 5.21. The molecule has 12 heavy (non-hydrogen) atoms. The minimum absolute atomic E-state index is 0.0935. The van der Waals surface area contributed by atoms with Gasteiger partial charge in [-0.1, -0.05) is 0 Å². The summed E-state index contributed by atoms with van der Waals surface area (Å²) in [5.41, 5.74) is -1.58. The number of carboxylic acid groups (broad SMARTS) is 1. The molecule has 0 aromatic rings. The fourth-order valence-corrected chi connectivity index (χ4v) is 0.939. The van der Waals surface area contributed by atoms with E-state index in [4.69, 9.17) is 10.2 Å².